The average molecular weight is 403 g/mol. The summed E-state index contributed by atoms with van der Waals surface area (Å²) in [6.45, 7) is 2.74. The molecule has 3 atom stereocenters. The molecule has 2 aromatic rings. The van der Waals surface area contributed by atoms with E-state index in [1.165, 1.54) is 11.0 Å². The summed E-state index contributed by atoms with van der Waals surface area (Å²) in [6.07, 6.45) is 5.61. The quantitative estimate of drug-likeness (QED) is 0.797. The van der Waals surface area contributed by atoms with Gasteiger partial charge in [0.15, 0.2) is 0 Å². The summed E-state index contributed by atoms with van der Waals surface area (Å²) >= 11 is 0. The third-order valence-electron chi connectivity index (χ3n) is 5.90. The van der Waals surface area contributed by atoms with E-state index in [2.05, 4.69) is 32.5 Å². The Labute approximate surface area is 169 Å². The summed E-state index contributed by atoms with van der Waals surface area (Å²) in [7, 11) is 1.67. The first kappa shape index (κ1) is 19.8. The molecular weight excluding hydrogens is 376 g/mol. The lowest BCUT2D eigenvalue weighted by atomic mass is 9.86. The van der Waals surface area contributed by atoms with Crippen molar-refractivity contribution in [3.05, 3.63) is 42.2 Å². The molecule has 0 amide bonds. The molecule has 1 N–H and O–H groups in total. The summed E-state index contributed by atoms with van der Waals surface area (Å²) in [6, 6.07) is 7.01. The van der Waals surface area contributed by atoms with Gasteiger partial charge in [-0.15, -0.1) is 0 Å². The zero-order valence-corrected chi connectivity index (χ0v) is 16.5. The molecule has 4 rings (SSSR count). The molecule has 1 aromatic carbocycles. The monoisotopic (exact) mass is 403 g/mol. The second kappa shape index (κ2) is 8.90. The fourth-order valence-corrected chi connectivity index (χ4v) is 4.42. The number of likely N-dealkylation sites (tertiary alicyclic amines) is 1. The molecule has 2 aliphatic rings. The number of hydrogen-bond acceptors (Lipinski definition) is 5. The predicted octanol–water partition coefficient (Wildman–Crippen LogP) is 3.70. The van der Waals surface area contributed by atoms with Crippen molar-refractivity contribution in [3.8, 4) is 5.75 Å². The van der Waals surface area contributed by atoms with Gasteiger partial charge in [0.2, 0.25) is 5.95 Å². The number of piperidine rings is 1. The number of fused-ring (bicyclic) bond motifs is 1. The van der Waals surface area contributed by atoms with Gasteiger partial charge < -0.3 is 10.1 Å². The van der Waals surface area contributed by atoms with Gasteiger partial charge in [-0.1, -0.05) is 30.4 Å². The molecule has 29 heavy (non-hydrogen) atoms. The second-order valence-corrected chi connectivity index (χ2v) is 7.72. The Kier molecular flexibility index (Phi) is 6.08. The molecule has 1 saturated heterocycles. The van der Waals surface area contributed by atoms with Crippen LogP contribution in [0.2, 0.25) is 0 Å². The zero-order chi connectivity index (χ0) is 20.2. The van der Waals surface area contributed by atoms with Crippen molar-refractivity contribution in [2.45, 2.75) is 37.8 Å². The highest BCUT2D eigenvalue weighted by atomic mass is 19.3. The summed E-state index contributed by atoms with van der Waals surface area (Å²) in [5, 5.41) is 7.31. The van der Waals surface area contributed by atoms with Gasteiger partial charge in [-0.2, -0.15) is 10.1 Å². The number of nitrogens with zero attached hydrogens (tertiary/aromatic N) is 4. The van der Waals surface area contributed by atoms with Crippen LogP contribution in [0.4, 0.5) is 14.7 Å². The normalized spacial score (nSPS) is 25.2. The molecule has 0 spiro atoms. The number of ether oxygens (including phenoxy) is 1. The number of benzene rings is 1. The van der Waals surface area contributed by atoms with Crippen LogP contribution in [0.1, 0.15) is 30.9 Å². The number of anilines is 1. The van der Waals surface area contributed by atoms with Gasteiger partial charge >= 0.3 is 0 Å². The molecule has 1 unspecified atom stereocenters. The van der Waals surface area contributed by atoms with E-state index in [9.17, 15) is 8.78 Å². The number of nitrogens with one attached hydrogen (secondary N) is 1. The maximum atomic E-state index is 13.5. The summed E-state index contributed by atoms with van der Waals surface area (Å²) in [5.41, 5.74) is 1.05. The van der Waals surface area contributed by atoms with Crippen LogP contribution < -0.4 is 10.1 Å². The number of methoxy groups -OCH3 is 1. The molecule has 0 saturated carbocycles. The molecule has 8 heteroatoms. The summed E-state index contributed by atoms with van der Waals surface area (Å²) < 4.78 is 33.8. The van der Waals surface area contributed by atoms with E-state index in [-0.39, 0.29) is 6.04 Å². The van der Waals surface area contributed by atoms with Crippen molar-refractivity contribution in [2.75, 3.05) is 32.1 Å². The van der Waals surface area contributed by atoms with E-state index in [1.54, 1.807) is 7.11 Å². The molecule has 3 heterocycles. The van der Waals surface area contributed by atoms with Gasteiger partial charge in [-0.3, -0.25) is 4.90 Å². The lowest BCUT2D eigenvalue weighted by Gasteiger charge is -2.40. The van der Waals surface area contributed by atoms with Crippen molar-refractivity contribution in [1.29, 1.82) is 0 Å². The van der Waals surface area contributed by atoms with Gasteiger partial charge in [0.25, 0.3) is 6.43 Å². The second-order valence-electron chi connectivity index (χ2n) is 7.72. The number of para-hydroxylation sites is 1. The highest BCUT2D eigenvalue weighted by Gasteiger charge is 2.38. The Morgan fingerprint density at radius 1 is 1.34 bits per heavy atom. The molecule has 0 aliphatic carbocycles. The first-order chi connectivity index (χ1) is 14.2. The van der Waals surface area contributed by atoms with Crippen LogP contribution in [0.3, 0.4) is 0 Å². The Morgan fingerprint density at radius 3 is 3.03 bits per heavy atom. The van der Waals surface area contributed by atoms with Gasteiger partial charge in [0.05, 0.1) is 7.11 Å². The molecular formula is C21H27F2N5O. The largest absolute Gasteiger partial charge is 0.496 e. The molecule has 1 fully saturated rings. The van der Waals surface area contributed by atoms with Gasteiger partial charge in [-0.25, -0.2) is 13.5 Å². The number of hydrogen-bond donors (Lipinski definition) is 1. The highest BCUT2D eigenvalue weighted by molar-refractivity contribution is 5.57. The summed E-state index contributed by atoms with van der Waals surface area (Å²) in [4.78, 5) is 6.51. The van der Waals surface area contributed by atoms with E-state index >= 15 is 0 Å². The first-order valence-electron chi connectivity index (χ1n) is 10.1. The lowest BCUT2D eigenvalue weighted by Crippen LogP contribution is -2.46. The van der Waals surface area contributed by atoms with E-state index in [0.717, 1.165) is 43.8 Å². The fourth-order valence-electron chi connectivity index (χ4n) is 4.42. The van der Waals surface area contributed by atoms with Crippen LogP contribution in [-0.4, -0.2) is 58.9 Å². The van der Waals surface area contributed by atoms with Crippen molar-refractivity contribution < 1.29 is 13.5 Å². The average Bonchev–Trinajstić information content (AvgIpc) is 3.22. The van der Waals surface area contributed by atoms with Crippen LogP contribution in [0, 0.1) is 5.92 Å². The van der Waals surface area contributed by atoms with Crippen molar-refractivity contribution in [2.24, 2.45) is 5.92 Å². The SMILES string of the molecule is COc1ccccc1/C=C/CN1CCCC([C@@H]2C[C@H](C(F)F)n3ncnc3N2)C1. The molecule has 0 bridgehead atoms. The number of alkyl halides is 2. The third-order valence-corrected chi connectivity index (χ3v) is 5.90. The van der Waals surface area contributed by atoms with Crippen molar-refractivity contribution >= 4 is 12.0 Å². The van der Waals surface area contributed by atoms with Crippen LogP contribution in [0.5, 0.6) is 5.75 Å². The molecule has 0 radical (unpaired) electrons. The molecule has 1 aromatic heterocycles. The Morgan fingerprint density at radius 2 is 2.21 bits per heavy atom. The minimum absolute atomic E-state index is 0.00769. The van der Waals surface area contributed by atoms with E-state index < -0.39 is 12.5 Å². The van der Waals surface area contributed by atoms with Crippen LogP contribution in [0.15, 0.2) is 36.7 Å². The van der Waals surface area contributed by atoms with Gasteiger partial charge in [0, 0.05) is 24.7 Å². The van der Waals surface area contributed by atoms with E-state index in [4.69, 9.17) is 4.74 Å². The van der Waals surface area contributed by atoms with Gasteiger partial charge in [-0.05, 0) is 37.8 Å². The van der Waals surface area contributed by atoms with E-state index in [0.29, 0.717) is 18.3 Å². The Bertz CT molecular complexity index is 840. The fraction of sp³-hybridized carbons (Fsp3) is 0.524. The van der Waals surface area contributed by atoms with Crippen molar-refractivity contribution in [3.63, 3.8) is 0 Å². The minimum Gasteiger partial charge on any atom is -0.496 e. The molecule has 156 valence electrons. The Balaban J connectivity index is 1.38. The minimum atomic E-state index is -2.44. The zero-order valence-electron chi connectivity index (χ0n) is 16.5. The molecule has 6 nitrogen and oxygen atoms in total. The van der Waals surface area contributed by atoms with Crippen LogP contribution in [-0.2, 0) is 0 Å². The maximum Gasteiger partial charge on any atom is 0.260 e. The third kappa shape index (κ3) is 4.42. The number of aromatic nitrogens is 3. The smallest absolute Gasteiger partial charge is 0.260 e. The standard InChI is InChI=1S/C21H27F2N5O/c1-29-19-9-3-2-6-15(19)7-4-10-27-11-5-8-16(13-27)17-12-18(20(22)23)28-21(26-17)24-14-25-28/h2-4,6-7,9,14,16-18,20H,5,8,10-13H2,1H3,(H,24,25,26)/b7-4+/t16?,17-,18+/m0/s1. The highest BCUT2D eigenvalue weighted by Crippen LogP contribution is 2.35. The first-order valence-corrected chi connectivity index (χ1v) is 10.1. The number of rotatable bonds is 6. The number of halogens is 2. The molecule has 2 aliphatic heterocycles. The van der Waals surface area contributed by atoms with E-state index in [1.807, 2.05) is 24.3 Å². The topological polar surface area (TPSA) is 55.2 Å². The van der Waals surface area contributed by atoms with Crippen LogP contribution >= 0.6 is 0 Å². The van der Waals surface area contributed by atoms with Crippen LogP contribution in [0.25, 0.3) is 6.08 Å². The Hall–Kier alpha value is -2.48. The lowest BCUT2D eigenvalue weighted by molar-refractivity contribution is 0.0562. The van der Waals surface area contributed by atoms with Gasteiger partial charge in [0.1, 0.15) is 18.1 Å². The maximum absolute atomic E-state index is 13.5. The van der Waals surface area contributed by atoms with Crippen molar-refractivity contribution in [1.82, 2.24) is 19.7 Å². The summed E-state index contributed by atoms with van der Waals surface area (Å²) in [5.74, 6) is 1.63. The predicted molar refractivity (Wildman–Crippen MR) is 108 cm³/mol.